The zero-order valence-corrected chi connectivity index (χ0v) is 83.4. The van der Waals surface area contributed by atoms with Crippen LogP contribution in [0.2, 0.25) is 60.3 Å². The van der Waals surface area contributed by atoms with Gasteiger partial charge in [0.1, 0.15) is 5.69 Å². The molecule has 4 aromatic heterocycles. The molecule has 12 N–H and O–H groups in total. The Morgan fingerprint density at radius 1 is 0.264 bits per heavy atom. The quantitative estimate of drug-likeness (QED) is 0.0315. The second-order valence-electron chi connectivity index (χ2n) is 33.4. The van der Waals surface area contributed by atoms with E-state index in [9.17, 15) is 88.2 Å². The van der Waals surface area contributed by atoms with E-state index in [0.717, 1.165) is 37.6 Å². The number of benzene rings is 8. The minimum absolute atomic E-state index is 0.121. The van der Waals surface area contributed by atoms with Crippen molar-refractivity contribution in [2.24, 2.45) is 0 Å². The van der Waals surface area contributed by atoms with Gasteiger partial charge in [-0.25, -0.2) is 0 Å². The fourth-order valence-electron chi connectivity index (χ4n) is 17.0. The number of carbonyl (C=O) groups excluding carboxylic acids is 12. The summed E-state index contributed by atoms with van der Waals surface area (Å²) < 4.78 is 10.7. The van der Waals surface area contributed by atoms with Crippen LogP contribution >= 0.6 is 139 Å². The van der Waals surface area contributed by atoms with Gasteiger partial charge in [-0.3, -0.25) is 77.5 Å². The maximum atomic E-state index is 12.8. The average Bonchev–Trinajstić information content (AvgIpc) is 1.24. The highest BCUT2D eigenvalue weighted by Gasteiger charge is 2.56. The Labute approximate surface area is 878 Å². The summed E-state index contributed by atoms with van der Waals surface area (Å²) >= 11 is 73.0. The van der Waals surface area contributed by atoms with E-state index in [-0.39, 0.29) is 145 Å². The Morgan fingerprint density at radius 2 is 0.500 bits per heavy atom. The normalized spacial score (nSPS) is 20.3. The molecule has 0 spiro atoms. The van der Waals surface area contributed by atoms with Gasteiger partial charge in [-0.1, -0.05) is 145 Å². The van der Waals surface area contributed by atoms with Gasteiger partial charge in [0.05, 0.1) is 129 Å². The maximum Gasteiger partial charge on any atom is 0.261 e. The molecule has 12 aromatic rings. The number of aromatic nitrogens is 4. The molecule has 0 radical (unpaired) electrons. The fraction of sp³-hybridized carbons (Fsp3) is 0.200. The molecule has 8 aromatic carbocycles. The van der Waals surface area contributed by atoms with Gasteiger partial charge in [-0.15, -0.1) is 0 Å². The molecule has 12 heterocycles. The van der Waals surface area contributed by atoms with Crippen molar-refractivity contribution in [3.8, 4) is 0 Å². The lowest BCUT2D eigenvalue weighted by Gasteiger charge is -2.29. The number of nitrogens with one attached hydrogen (secondary N) is 6. The van der Waals surface area contributed by atoms with Crippen LogP contribution in [0.5, 0.6) is 0 Å². The van der Waals surface area contributed by atoms with E-state index in [1.807, 2.05) is 24.3 Å². The standard InChI is InChI=1S/2C20H18Cl2N2O4.4C15H10Cl2N2O3/c2*21-14-5-6-15(22)18-17(14)20(27,19(26)23-18)11-16(25)12-1-3-13(4-2-12)24-7-9-28-10-8-24;2*16-9-1-2-10(17)13-12(9)15(22,14(21)19-13)7-11(20)8-3-5-18-6-4-8;16-9-3-4-10(17)13-12(9)15(22,14(21)19-13)6-11(20)8-2-1-5-18-7-8;16-8-4-5-9(17)13-12(8)15(22,14(21)19-13)7-11(20)10-3-1-2-6-18-10/h2*1-6,27H,7-11H2,(H,23,26);2*1-6,22H,7H2,(H,19,21);1-5,7,22H,6H2,(H,19,21);1-6,22H,7H2,(H,19,21)/t2*20-;4*15-/m101011/s1. The topological polar surface area (TPSA) is 475 Å². The van der Waals surface area contributed by atoms with Crippen LogP contribution in [0.25, 0.3) is 0 Å². The van der Waals surface area contributed by atoms with Crippen LogP contribution in [-0.2, 0) is 71.8 Å². The molecule has 2 fully saturated rings. The monoisotopic (exact) mass is 2180 g/mol. The van der Waals surface area contributed by atoms with Gasteiger partial charge in [0, 0.05) is 172 Å². The van der Waals surface area contributed by atoms with Gasteiger partial charge in [0.15, 0.2) is 68.3 Å². The van der Waals surface area contributed by atoms with Crippen LogP contribution < -0.4 is 41.7 Å². The third-order valence-electron chi connectivity index (χ3n) is 24.4. The number of nitrogens with zero attached hydrogens (tertiary/aromatic N) is 6. The van der Waals surface area contributed by atoms with E-state index in [2.05, 4.69) is 61.6 Å². The predicted octanol–water partition coefficient (Wildman–Crippen LogP) is 17.7. The van der Waals surface area contributed by atoms with Crippen molar-refractivity contribution >= 4 is 255 Å². The minimum atomic E-state index is -2.06. The molecule has 144 heavy (non-hydrogen) atoms. The summed E-state index contributed by atoms with van der Waals surface area (Å²) in [5.74, 6) is -6.75. The number of morpholine rings is 2. The lowest BCUT2D eigenvalue weighted by atomic mass is 9.88. The Kier molecular flexibility index (Phi) is 32.5. The zero-order chi connectivity index (χ0) is 103. The van der Waals surface area contributed by atoms with E-state index < -0.39 is 131 Å². The molecule has 0 bridgehead atoms. The van der Waals surface area contributed by atoms with Crippen molar-refractivity contribution in [1.29, 1.82) is 0 Å². The smallest absolute Gasteiger partial charge is 0.261 e. The molecule has 44 heteroatoms. The van der Waals surface area contributed by atoms with Crippen molar-refractivity contribution in [3.05, 3.63) is 346 Å². The first-order valence-corrected chi connectivity index (χ1v) is 47.9. The largest absolute Gasteiger partial charge is 0.378 e. The molecule has 8 aliphatic rings. The summed E-state index contributed by atoms with van der Waals surface area (Å²) in [5, 5.41) is 82.5. The Hall–Kier alpha value is -12.0. The van der Waals surface area contributed by atoms with Crippen molar-refractivity contribution in [3.63, 3.8) is 0 Å². The first-order valence-electron chi connectivity index (χ1n) is 43.3. The number of hydrogen-bond acceptors (Lipinski definition) is 26. The van der Waals surface area contributed by atoms with Crippen molar-refractivity contribution in [2.75, 3.05) is 94.3 Å². The van der Waals surface area contributed by atoms with E-state index >= 15 is 0 Å². The van der Waals surface area contributed by atoms with Crippen LogP contribution in [-0.4, -0.2) is 173 Å². The summed E-state index contributed by atoms with van der Waals surface area (Å²) in [6, 6.07) is 46.3. The number of ether oxygens (including phenoxy) is 2. The van der Waals surface area contributed by atoms with E-state index in [4.69, 9.17) is 149 Å². The number of anilines is 8. The zero-order valence-electron chi connectivity index (χ0n) is 74.3. The number of rotatable bonds is 20. The second-order valence-corrected chi connectivity index (χ2v) is 38.3. The number of fused-ring (bicyclic) bond motifs is 6. The number of Topliss-reactive ketones (excluding diaryl/α,β-unsaturated/α-hetero) is 6. The van der Waals surface area contributed by atoms with Gasteiger partial charge in [-0.2, -0.15) is 0 Å². The molecule has 6 amide bonds. The number of pyridine rings is 4. The summed E-state index contributed by atoms with van der Waals surface area (Å²) in [4.78, 5) is 168. The van der Waals surface area contributed by atoms with Crippen LogP contribution in [0.3, 0.4) is 0 Å². The van der Waals surface area contributed by atoms with Crippen LogP contribution in [0.1, 0.15) is 134 Å². The number of hydrogen-bond donors (Lipinski definition) is 12. The van der Waals surface area contributed by atoms with Crippen molar-refractivity contribution in [2.45, 2.75) is 72.1 Å². The maximum absolute atomic E-state index is 12.8. The summed E-state index contributed by atoms with van der Waals surface area (Å²) in [5.41, 5.74) is -6.10. The van der Waals surface area contributed by atoms with Crippen molar-refractivity contribution < 1.29 is 97.6 Å². The second kappa shape index (κ2) is 44.1. The van der Waals surface area contributed by atoms with E-state index in [1.54, 1.807) is 48.5 Å². The Morgan fingerprint density at radius 3 is 0.736 bits per heavy atom. The van der Waals surface area contributed by atoms with Gasteiger partial charge in [0.25, 0.3) is 35.4 Å². The highest BCUT2D eigenvalue weighted by Crippen LogP contribution is 2.54. The molecule has 0 aliphatic carbocycles. The van der Waals surface area contributed by atoms with E-state index in [1.165, 1.54) is 147 Å². The predicted molar refractivity (Wildman–Crippen MR) is 544 cm³/mol. The Balaban J connectivity index is 0.000000130. The van der Waals surface area contributed by atoms with Gasteiger partial charge >= 0.3 is 0 Å². The lowest BCUT2D eigenvalue weighted by Crippen LogP contribution is -2.37. The SMILES string of the molecule is O=C(C[C@@]1(O)C(=O)Nc2c(Cl)ccc(Cl)c21)c1ccc(N2CCOCC2)cc1.O=C(C[C@@]1(O)C(=O)Nc2c(Cl)ccc(Cl)c21)c1ccncc1.O=C(C[C@]1(O)C(=O)Nc2c(Cl)ccc(Cl)c21)c1ccc(N2CCOCC2)cc1.O=C(C[C@]1(O)C(=O)Nc2c(Cl)ccc(Cl)c21)c1ccccn1.O=C(C[C@]1(O)C(=O)Nc2c(Cl)ccc(Cl)c21)c1cccnc1.O=C(C[C@]1(O)C(=O)Nc2c(Cl)ccc(Cl)c21)c1ccncc1. The molecule has 20 rings (SSSR count). The number of carbonyl (C=O) groups is 12. The first kappa shape index (κ1) is 106. The average molecular weight is 2190 g/mol. The number of amides is 6. The lowest BCUT2D eigenvalue weighted by molar-refractivity contribution is -0.133. The van der Waals surface area contributed by atoms with Gasteiger partial charge in [0.2, 0.25) is 0 Å². The van der Waals surface area contributed by atoms with Crippen molar-refractivity contribution in [1.82, 2.24) is 19.9 Å². The summed E-state index contributed by atoms with van der Waals surface area (Å²) in [7, 11) is 0. The van der Waals surface area contributed by atoms with Crippen LogP contribution in [0, 0.1) is 0 Å². The molecule has 2 saturated heterocycles. The van der Waals surface area contributed by atoms with Gasteiger partial charge < -0.3 is 81.8 Å². The number of ketones is 6. The molecule has 6 atom stereocenters. The molecule has 740 valence electrons. The molecule has 32 nitrogen and oxygen atoms in total. The number of halogens is 12. The summed E-state index contributed by atoms with van der Waals surface area (Å²) in [6.07, 6.45) is 7.57. The fourth-order valence-corrected chi connectivity index (χ4v) is 20.1. The third-order valence-corrected chi connectivity index (χ3v) is 28.1. The Bertz CT molecular complexity index is 6490. The van der Waals surface area contributed by atoms with E-state index in [0.29, 0.717) is 54.2 Å². The number of aliphatic hydroxyl groups is 6. The summed E-state index contributed by atoms with van der Waals surface area (Å²) in [6.45, 7) is 5.87. The molecule has 0 saturated carbocycles. The minimum Gasteiger partial charge on any atom is -0.378 e. The third kappa shape index (κ3) is 21.6. The highest BCUT2D eigenvalue weighted by molar-refractivity contribution is 6.43. The molecule has 8 aliphatic heterocycles. The van der Waals surface area contributed by atoms with Gasteiger partial charge in [-0.05, 0) is 170 Å². The molecular weight excluding hydrogens is 2110 g/mol. The molecule has 0 unspecified atom stereocenters. The van der Waals surface area contributed by atoms with Crippen LogP contribution in [0.15, 0.2) is 219 Å². The highest BCUT2D eigenvalue weighted by atomic mass is 35.5. The first-order chi connectivity index (χ1) is 68.5. The van der Waals surface area contributed by atoms with Crippen LogP contribution in [0.4, 0.5) is 45.5 Å². The molecular formula is C100H76Cl12N12O20.